The fraction of sp³-hybridized carbons (Fsp3) is 0.333. The molecule has 1 aromatic heterocycles. The Morgan fingerprint density at radius 2 is 1.78 bits per heavy atom. The maximum atomic E-state index is 10.0. The largest absolute Gasteiger partial charge is 0.468 e. The van der Waals surface area contributed by atoms with Crippen molar-refractivity contribution in [1.82, 2.24) is 5.32 Å². The molecule has 1 saturated heterocycles. The van der Waals surface area contributed by atoms with Gasteiger partial charge in [0.2, 0.25) is 0 Å². The lowest BCUT2D eigenvalue weighted by Crippen LogP contribution is -2.37. The molecule has 2 N–H and O–H groups in total. The minimum absolute atomic E-state index is 0.0916. The second-order valence-corrected chi connectivity index (χ2v) is 4.82. The van der Waals surface area contributed by atoms with Gasteiger partial charge >= 0.3 is 0 Å². The Bertz CT molecular complexity index is 480. The lowest BCUT2D eigenvalue weighted by molar-refractivity contribution is 0.0876. The number of hydrogen-bond acceptors (Lipinski definition) is 3. The highest BCUT2D eigenvalue weighted by Gasteiger charge is 2.29. The third kappa shape index (κ3) is 2.33. The molecule has 3 unspecified atom stereocenters. The molecule has 2 heterocycles. The van der Waals surface area contributed by atoms with Crippen LogP contribution in [-0.2, 0) is 0 Å². The maximum absolute atomic E-state index is 10.0. The van der Waals surface area contributed by atoms with Gasteiger partial charge in [-0.3, -0.25) is 0 Å². The van der Waals surface area contributed by atoms with E-state index in [1.165, 1.54) is 5.56 Å². The van der Waals surface area contributed by atoms with Crippen molar-refractivity contribution in [1.29, 1.82) is 0 Å². The Balaban J connectivity index is 1.81. The molecule has 0 radical (unpaired) electrons. The highest BCUT2D eigenvalue weighted by atomic mass is 16.3. The molecule has 3 nitrogen and oxygen atoms in total. The number of benzene rings is 1. The summed E-state index contributed by atoms with van der Waals surface area (Å²) >= 11 is 0. The third-order valence-electron chi connectivity index (χ3n) is 3.51. The summed E-state index contributed by atoms with van der Waals surface area (Å²) in [6.07, 6.45) is 2.85. The molecule has 0 spiro atoms. The van der Waals surface area contributed by atoms with Crippen molar-refractivity contribution < 1.29 is 9.52 Å². The van der Waals surface area contributed by atoms with E-state index in [1.807, 2.05) is 30.3 Å². The van der Waals surface area contributed by atoms with Crippen LogP contribution in [-0.4, -0.2) is 11.2 Å². The van der Waals surface area contributed by atoms with Crippen LogP contribution in [0.4, 0.5) is 0 Å². The minimum atomic E-state index is -0.286. The number of hydrogen-bond donors (Lipinski definition) is 2. The number of furan rings is 1. The molecule has 1 aromatic carbocycles. The van der Waals surface area contributed by atoms with E-state index in [1.54, 1.807) is 6.26 Å². The van der Waals surface area contributed by atoms with Gasteiger partial charge in [0, 0.05) is 6.04 Å². The zero-order chi connectivity index (χ0) is 12.4. The molecule has 0 saturated carbocycles. The SMILES string of the molecule is OC1CC(c2ccccc2)NC(c2ccco2)C1. The summed E-state index contributed by atoms with van der Waals surface area (Å²) in [4.78, 5) is 0. The third-order valence-corrected chi connectivity index (χ3v) is 3.51. The number of nitrogens with one attached hydrogen (secondary N) is 1. The summed E-state index contributed by atoms with van der Waals surface area (Å²) in [7, 11) is 0. The summed E-state index contributed by atoms with van der Waals surface area (Å²) in [6.45, 7) is 0. The molecule has 1 fully saturated rings. The predicted molar refractivity (Wildman–Crippen MR) is 69.0 cm³/mol. The number of aliphatic hydroxyl groups is 1. The zero-order valence-corrected chi connectivity index (χ0v) is 10.1. The summed E-state index contributed by atoms with van der Waals surface area (Å²) in [5.41, 5.74) is 1.22. The lowest BCUT2D eigenvalue weighted by atomic mass is 9.90. The number of aliphatic hydroxyl groups excluding tert-OH is 1. The topological polar surface area (TPSA) is 45.4 Å². The average molecular weight is 243 g/mol. The van der Waals surface area contributed by atoms with Crippen molar-refractivity contribution in [2.45, 2.75) is 31.0 Å². The van der Waals surface area contributed by atoms with E-state index in [2.05, 4.69) is 17.4 Å². The van der Waals surface area contributed by atoms with Crippen LogP contribution in [0.5, 0.6) is 0 Å². The van der Waals surface area contributed by atoms with Crippen LogP contribution in [0.25, 0.3) is 0 Å². The molecule has 0 aliphatic carbocycles. The Morgan fingerprint density at radius 3 is 2.50 bits per heavy atom. The van der Waals surface area contributed by atoms with Gasteiger partial charge in [0.05, 0.1) is 18.4 Å². The standard InChI is InChI=1S/C15H17NO2/c17-12-9-13(11-5-2-1-3-6-11)16-14(10-12)15-7-4-8-18-15/h1-8,12-14,16-17H,9-10H2. The van der Waals surface area contributed by atoms with Crippen molar-refractivity contribution in [2.24, 2.45) is 0 Å². The molecule has 3 heteroatoms. The van der Waals surface area contributed by atoms with E-state index in [9.17, 15) is 5.11 Å². The predicted octanol–water partition coefficient (Wildman–Crippen LogP) is 2.81. The van der Waals surface area contributed by atoms with Crippen LogP contribution in [0, 0.1) is 0 Å². The fourth-order valence-corrected chi connectivity index (χ4v) is 2.62. The fourth-order valence-electron chi connectivity index (χ4n) is 2.62. The Hall–Kier alpha value is -1.58. The lowest BCUT2D eigenvalue weighted by Gasteiger charge is -2.33. The van der Waals surface area contributed by atoms with Gasteiger partial charge in [0.1, 0.15) is 5.76 Å². The van der Waals surface area contributed by atoms with Crippen LogP contribution in [0.1, 0.15) is 36.2 Å². The summed E-state index contributed by atoms with van der Waals surface area (Å²) in [5, 5.41) is 13.6. The van der Waals surface area contributed by atoms with Crippen LogP contribution < -0.4 is 5.32 Å². The maximum Gasteiger partial charge on any atom is 0.120 e. The summed E-state index contributed by atoms with van der Waals surface area (Å²) in [6, 6.07) is 14.4. The highest BCUT2D eigenvalue weighted by molar-refractivity contribution is 5.21. The van der Waals surface area contributed by atoms with Gasteiger partial charge in [-0.25, -0.2) is 0 Å². The van der Waals surface area contributed by atoms with E-state index in [0.717, 1.165) is 12.2 Å². The normalized spacial score (nSPS) is 28.2. The first-order valence-corrected chi connectivity index (χ1v) is 6.35. The minimum Gasteiger partial charge on any atom is -0.468 e. The Labute approximate surface area is 106 Å². The summed E-state index contributed by atoms with van der Waals surface area (Å²) in [5.74, 6) is 0.898. The van der Waals surface area contributed by atoms with Gasteiger partial charge in [0.15, 0.2) is 0 Å². The molecule has 18 heavy (non-hydrogen) atoms. The van der Waals surface area contributed by atoms with Gasteiger partial charge in [0.25, 0.3) is 0 Å². The van der Waals surface area contributed by atoms with Crippen LogP contribution in [0.15, 0.2) is 53.1 Å². The summed E-state index contributed by atoms with van der Waals surface area (Å²) < 4.78 is 5.43. The molecule has 1 aliphatic heterocycles. The zero-order valence-electron chi connectivity index (χ0n) is 10.1. The van der Waals surface area contributed by atoms with E-state index in [-0.39, 0.29) is 18.2 Å². The molecule has 0 amide bonds. The molecular weight excluding hydrogens is 226 g/mol. The van der Waals surface area contributed by atoms with E-state index in [4.69, 9.17) is 4.42 Å². The van der Waals surface area contributed by atoms with Crippen molar-refractivity contribution in [3.8, 4) is 0 Å². The molecule has 94 valence electrons. The molecule has 1 aliphatic rings. The van der Waals surface area contributed by atoms with Crippen LogP contribution in [0.3, 0.4) is 0 Å². The molecule has 2 aromatic rings. The van der Waals surface area contributed by atoms with Crippen molar-refractivity contribution in [3.63, 3.8) is 0 Å². The second kappa shape index (κ2) is 4.96. The van der Waals surface area contributed by atoms with Gasteiger partial charge < -0.3 is 14.8 Å². The van der Waals surface area contributed by atoms with E-state index < -0.39 is 0 Å². The average Bonchev–Trinajstić information content (AvgIpc) is 2.93. The van der Waals surface area contributed by atoms with Crippen LogP contribution in [0.2, 0.25) is 0 Å². The van der Waals surface area contributed by atoms with Crippen molar-refractivity contribution >= 4 is 0 Å². The van der Waals surface area contributed by atoms with Crippen LogP contribution >= 0.6 is 0 Å². The van der Waals surface area contributed by atoms with Crippen molar-refractivity contribution in [3.05, 3.63) is 60.1 Å². The Morgan fingerprint density at radius 1 is 1.00 bits per heavy atom. The first-order valence-electron chi connectivity index (χ1n) is 6.35. The van der Waals surface area contributed by atoms with Gasteiger partial charge in [-0.05, 0) is 30.5 Å². The number of piperidine rings is 1. The first kappa shape index (κ1) is 11.5. The molecular formula is C15H17NO2. The molecule has 3 rings (SSSR count). The monoisotopic (exact) mass is 243 g/mol. The molecule has 3 atom stereocenters. The van der Waals surface area contributed by atoms with E-state index >= 15 is 0 Å². The van der Waals surface area contributed by atoms with E-state index in [0.29, 0.717) is 6.42 Å². The smallest absolute Gasteiger partial charge is 0.120 e. The van der Waals surface area contributed by atoms with Gasteiger partial charge in [-0.15, -0.1) is 0 Å². The van der Waals surface area contributed by atoms with Crippen molar-refractivity contribution in [2.75, 3.05) is 0 Å². The quantitative estimate of drug-likeness (QED) is 0.852. The second-order valence-electron chi connectivity index (χ2n) is 4.82. The van der Waals surface area contributed by atoms with Gasteiger partial charge in [-0.1, -0.05) is 30.3 Å². The number of rotatable bonds is 2. The first-order chi connectivity index (χ1) is 8.83. The Kier molecular flexibility index (Phi) is 3.17. The highest BCUT2D eigenvalue weighted by Crippen LogP contribution is 2.32. The van der Waals surface area contributed by atoms with Gasteiger partial charge in [-0.2, -0.15) is 0 Å². The molecule has 0 bridgehead atoms.